The van der Waals surface area contributed by atoms with Gasteiger partial charge in [-0.1, -0.05) is 0 Å². The average Bonchev–Trinajstić information content (AvgIpc) is 2.18. The van der Waals surface area contributed by atoms with Gasteiger partial charge in [-0.15, -0.1) is 0 Å². The Bertz CT molecular complexity index is 525. The quantitative estimate of drug-likeness (QED) is 0.637. The Kier molecular flexibility index (Phi) is 3.32. The molecule has 1 atom stereocenters. The maximum absolute atomic E-state index is 13.1. The molecule has 16 heavy (non-hydrogen) atoms. The summed E-state index contributed by atoms with van der Waals surface area (Å²) in [7, 11) is -3.48. The standard InChI is InChI=1S/C10H12FNO3S/c1-6(16(2,14)15)10(13)7-3-4-9(12)8(11)5-7/h3-6H,12H2,1-2H3. The zero-order valence-corrected chi connectivity index (χ0v) is 9.71. The third kappa shape index (κ3) is 2.57. The van der Waals surface area contributed by atoms with Crippen LogP contribution in [-0.4, -0.2) is 25.7 Å². The number of carbonyl (C=O) groups excluding carboxylic acids is 1. The molecule has 0 fully saturated rings. The molecule has 0 amide bonds. The van der Waals surface area contributed by atoms with Crippen molar-refractivity contribution < 1.29 is 17.6 Å². The van der Waals surface area contributed by atoms with Crippen LogP contribution in [0, 0.1) is 5.82 Å². The van der Waals surface area contributed by atoms with Gasteiger partial charge >= 0.3 is 0 Å². The van der Waals surface area contributed by atoms with Crippen LogP contribution in [0.4, 0.5) is 10.1 Å². The zero-order chi connectivity index (χ0) is 12.5. The molecule has 0 saturated heterocycles. The van der Waals surface area contributed by atoms with Crippen molar-refractivity contribution in [3.63, 3.8) is 0 Å². The van der Waals surface area contributed by atoms with E-state index >= 15 is 0 Å². The highest BCUT2D eigenvalue weighted by atomic mass is 32.2. The summed E-state index contributed by atoms with van der Waals surface area (Å²) in [6.07, 6.45) is 0.962. The van der Waals surface area contributed by atoms with E-state index < -0.39 is 26.7 Å². The minimum atomic E-state index is -3.48. The Balaban J connectivity index is 3.11. The number of sulfone groups is 1. The molecule has 0 bridgehead atoms. The molecule has 1 aromatic carbocycles. The lowest BCUT2D eigenvalue weighted by atomic mass is 10.1. The number of ketones is 1. The molecular formula is C10H12FNO3S. The largest absolute Gasteiger partial charge is 0.396 e. The van der Waals surface area contributed by atoms with Crippen molar-refractivity contribution in [2.75, 3.05) is 12.0 Å². The Labute approximate surface area is 93.2 Å². The van der Waals surface area contributed by atoms with Crippen molar-refractivity contribution in [2.45, 2.75) is 12.2 Å². The summed E-state index contributed by atoms with van der Waals surface area (Å²) in [6, 6.07) is 3.49. The lowest BCUT2D eigenvalue weighted by Gasteiger charge is -2.08. The normalized spacial score (nSPS) is 13.4. The van der Waals surface area contributed by atoms with E-state index in [2.05, 4.69) is 0 Å². The maximum atomic E-state index is 13.1. The Morgan fingerprint density at radius 1 is 1.44 bits per heavy atom. The van der Waals surface area contributed by atoms with Crippen molar-refractivity contribution in [2.24, 2.45) is 0 Å². The lowest BCUT2D eigenvalue weighted by Crippen LogP contribution is -2.26. The van der Waals surface area contributed by atoms with Gasteiger partial charge in [0, 0.05) is 11.8 Å². The number of hydrogen-bond acceptors (Lipinski definition) is 4. The van der Waals surface area contributed by atoms with E-state index in [-0.39, 0.29) is 11.3 Å². The summed E-state index contributed by atoms with van der Waals surface area (Å²) in [4.78, 5) is 11.7. The van der Waals surface area contributed by atoms with E-state index in [0.29, 0.717) is 0 Å². The van der Waals surface area contributed by atoms with Crippen LogP contribution in [-0.2, 0) is 9.84 Å². The number of hydrogen-bond donors (Lipinski definition) is 1. The summed E-state index contributed by atoms with van der Waals surface area (Å²) in [5.41, 5.74) is 5.17. The molecule has 0 heterocycles. The predicted octanol–water partition coefficient (Wildman–Crippen LogP) is 1.02. The van der Waals surface area contributed by atoms with E-state index in [4.69, 9.17) is 5.73 Å². The Hall–Kier alpha value is -1.43. The van der Waals surface area contributed by atoms with E-state index in [1.807, 2.05) is 0 Å². The van der Waals surface area contributed by atoms with Crippen LogP contribution in [0.5, 0.6) is 0 Å². The van der Waals surface area contributed by atoms with Gasteiger partial charge in [-0.05, 0) is 25.1 Å². The average molecular weight is 245 g/mol. The second-order valence-corrected chi connectivity index (χ2v) is 5.94. The second kappa shape index (κ2) is 4.21. The van der Waals surface area contributed by atoms with Gasteiger partial charge in [-0.2, -0.15) is 0 Å². The number of Topliss-reactive ketones (excluding diaryl/α,β-unsaturated/α-hetero) is 1. The molecule has 0 spiro atoms. The van der Waals surface area contributed by atoms with E-state index in [9.17, 15) is 17.6 Å². The Morgan fingerprint density at radius 3 is 2.44 bits per heavy atom. The molecule has 88 valence electrons. The fourth-order valence-electron chi connectivity index (χ4n) is 1.11. The summed E-state index contributed by atoms with van der Waals surface area (Å²) in [5.74, 6) is -1.37. The van der Waals surface area contributed by atoms with E-state index in [1.165, 1.54) is 19.1 Å². The van der Waals surface area contributed by atoms with Crippen LogP contribution < -0.4 is 5.73 Å². The van der Waals surface area contributed by atoms with Gasteiger partial charge in [0.2, 0.25) is 0 Å². The number of rotatable bonds is 3. The fourth-order valence-corrected chi connectivity index (χ4v) is 1.63. The number of benzene rings is 1. The molecule has 1 unspecified atom stereocenters. The summed E-state index contributed by atoms with van der Waals surface area (Å²) >= 11 is 0. The minimum absolute atomic E-state index is 0.00428. The Morgan fingerprint density at radius 2 is 2.00 bits per heavy atom. The van der Waals surface area contributed by atoms with Gasteiger partial charge < -0.3 is 5.73 Å². The van der Waals surface area contributed by atoms with Crippen LogP contribution >= 0.6 is 0 Å². The first-order chi connectivity index (χ1) is 7.23. The predicted molar refractivity (Wildman–Crippen MR) is 59.4 cm³/mol. The minimum Gasteiger partial charge on any atom is -0.396 e. The molecule has 4 nitrogen and oxygen atoms in total. The van der Waals surface area contributed by atoms with Crippen molar-refractivity contribution in [3.05, 3.63) is 29.6 Å². The van der Waals surface area contributed by atoms with Gasteiger partial charge in [0.05, 0.1) is 5.69 Å². The molecule has 1 rings (SSSR count). The molecule has 0 aliphatic heterocycles. The summed E-state index contributed by atoms with van der Waals surface area (Å²) < 4.78 is 35.4. The molecule has 6 heteroatoms. The first kappa shape index (κ1) is 12.6. The highest BCUT2D eigenvalue weighted by Gasteiger charge is 2.25. The second-order valence-electron chi connectivity index (χ2n) is 3.57. The third-order valence-corrected chi connectivity index (χ3v) is 3.79. The molecule has 1 aromatic rings. The molecule has 0 aliphatic carbocycles. The van der Waals surface area contributed by atoms with Crippen LogP contribution in [0.1, 0.15) is 17.3 Å². The van der Waals surface area contributed by atoms with Crippen molar-refractivity contribution >= 4 is 21.3 Å². The first-order valence-electron chi connectivity index (χ1n) is 4.51. The third-order valence-electron chi connectivity index (χ3n) is 2.30. The van der Waals surface area contributed by atoms with Crippen LogP contribution in [0.3, 0.4) is 0 Å². The van der Waals surface area contributed by atoms with E-state index in [0.717, 1.165) is 12.3 Å². The zero-order valence-electron chi connectivity index (χ0n) is 8.90. The summed E-state index contributed by atoms with van der Waals surface area (Å²) in [5, 5.41) is -1.18. The van der Waals surface area contributed by atoms with Gasteiger partial charge in [0.15, 0.2) is 15.6 Å². The number of anilines is 1. The highest BCUT2D eigenvalue weighted by molar-refractivity contribution is 7.92. The van der Waals surface area contributed by atoms with Crippen molar-refractivity contribution in [1.82, 2.24) is 0 Å². The monoisotopic (exact) mass is 245 g/mol. The molecule has 0 aromatic heterocycles. The van der Waals surface area contributed by atoms with Gasteiger partial charge in [0.25, 0.3) is 0 Å². The molecule has 0 aliphatic rings. The summed E-state index contributed by atoms with van der Waals surface area (Å²) in [6.45, 7) is 1.27. The van der Waals surface area contributed by atoms with Gasteiger partial charge in [-0.3, -0.25) is 4.79 Å². The number of carbonyl (C=O) groups is 1. The molecule has 2 N–H and O–H groups in total. The maximum Gasteiger partial charge on any atom is 0.180 e. The number of nitrogens with two attached hydrogens (primary N) is 1. The number of halogens is 1. The van der Waals surface area contributed by atoms with Crippen LogP contribution in [0.25, 0.3) is 0 Å². The van der Waals surface area contributed by atoms with Crippen molar-refractivity contribution in [1.29, 1.82) is 0 Å². The molecular weight excluding hydrogens is 233 g/mol. The fraction of sp³-hybridized carbons (Fsp3) is 0.300. The van der Waals surface area contributed by atoms with Gasteiger partial charge in [0.1, 0.15) is 11.1 Å². The van der Waals surface area contributed by atoms with Crippen molar-refractivity contribution in [3.8, 4) is 0 Å². The molecule has 0 radical (unpaired) electrons. The molecule has 0 saturated carbocycles. The highest BCUT2D eigenvalue weighted by Crippen LogP contribution is 2.15. The first-order valence-corrected chi connectivity index (χ1v) is 6.47. The van der Waals surface area contributed by atoms with E-state index in [1.54, 1.807) is 0 Å². The topological polar surface area (TPSA) is 77.2 Å². The SMILES string of the molecule is CC(C(=O)c1ccc(N)c(F)c1)S(C)(=O)=O. The lowest BCUT2D eigenvalue weighted by molar-refractivity contribution is 0.0991. The van der Waals surface area contributed by atoms with Crippen LogP contribution in [0.2, 0.25) is 0 Å². The van der Waals surface area contributed by atoms with Crippen LogP contribution in [0.15, 0.2) is 18.2 Å². The smallest absolute Gasteiger partial charge is 0.180 e. The number of nitrogen functional groups attached to an aromatic ring is 1. The van der Waals surface area contributed by atoms with Gasteiger partial charge in [-0.25, -0.2) is 12.8 Å².